The topological polar surface area (TPSA) is 13.7 Å². The molecule has 10 heavy (non-hydrogen) atoms. The van der Waals surface area contributed by atoms with E-state index in [1.165, 1.54) is 13.1 Å². The van der Waals surface area contributed by atoms with Gasteiger partial charge in [0.1, 0.15) is 19.2 Å². The minimum Gasteiger partial charge on any atom is -0.366 e. The molecule has 2 nitrogen and oxygen atoms in total. The molecule has 0 aliphatic carbocycles. The van der Waals surface area contributed by atoms with E-state index >= 15 is 0 Å². The first-order chi connectivity index (χ1) is 4.70. The molecule has 0 aromatic heterocycles. The Morgan fingerprint density at radius 2 is 2.20 bits per heavy atom. The highest BCUT2D eigenvalue weighted by atomic mass is 16.5. The molecule has 0 amide bonds. The van der Waals surface area contributed by atoms with Gasteiger partial charge in [-0.05, 0) is 5.92 Å². The molecule has 1 aliphatic rings. The normalized spacial score (nSPS) is 34.8. The molecule has 2 unspecified atom stereocenters. The molecule has 1 fully saturated rings. The van der Waals surface area contributed by atoms with Gasteiger partial charge in [0, 0.05) is 0 Å². The zero-order chi connectivity index (χ0) is 7.56. The Morgan fingerprint density at radius 1 is 1.50 bits per heavy atom. The SMILES string of the molecule is CC(C)C1C[NH+](C)CCO1. The van der Waals surface area contributed by atoms with Crippen molar-refractivity contribution in [3.8, 4) is 0 Å². The largest absolute Gasteiger partial charge is 0.366 e. The highest BCUT2D eigenvalue weighted by molar-refractivity contribution is 4.62. The maximum Gasteiger partial charge on any atom is 0.109 e. The predicted octanol–water partition coefficient (Wildman–Crippen LogP) is -0.444. The van der Waals surface area contributed by atoms with Crippen LogP contribution in [0.15, 0.2) is 0 Å². The number of nitrogens with one attached hydrogen (secondary N) is 1. The summed E-state index contributed by atoms with van der Waals surface area (Å²) in [5.41, 5.74) is 0. The highest BCUT2D eigenvalue weighted by Gasteiger charge is 2.22. The van der Waals surface area contributed by atoms with Crippen molar-refractivity contribution < 1.29 is 9.64 Å². The van der Waals surface area contributed by atoms with E-state index in [0.717, 1.165) is 6.61 Å². The first-order valence-corrected chi connectivity index (χ1v) is 4.13. The molecule has 60 valence electrons. The Balaban J connectivity index is 2.32. The van der Waals surface area contributed by atoms with Gasteiger partial charge >= 0.3 is 0 Å². The van der Waals surface area contributed by atoms with Crippen LogP contribution in [0.2, 0.25) is 0 Å². The van der Waals surface area contributed by atoms with E-state index in [4.69, 9.17) is 4.74 Å². The van der Waals surface area contributed by atoms with Gasteiger partial charge in [0.2, 0.25) is 0 Å². The van der Waals surface area contributed by atoms with Crippen LogP contribution < -0.4 is 4.90 Å². The zero-order valence-corrected chi connectivity index (χ0v) is 7.18. The molecule has 1 aliphatic heterocycles. The molecule has 1 N–H and O–H groups in total. The highest BCUT2D eigenvalue weighted by Crippen LogP contribution is 2.05. The van der Waals surface area contributed by atoms with Gasteiger partial charge < -0.3 is 9.64 Å². The molecule has 0 saturated carbocycles. The molecular weight excluding hydrogens is 126 g/mol. The molecule has 1 saturated heterocycles. The monoisotopic (exact) mass is 144 g/mol. The second-order valence-electron chi connectivity index (χ2n) is 3.56. The van der Waals surface area contributed by atoms with Crippen LogP contribution in [0.3, 0.4) is 0 Å². The van der Waals surface area contributed by atoms with E-state index in [9.17, 15) is 0 Å². The lowest BCUT2D eigenvalue weighted by Gasteiger charge is -2.29. The van der Waals surface area contributed by atoms with E-state index in [0.29, 0.717) is 12.0 Å². The van der Waals surface area contributed by atoms with Crippen molar-refractivity contribution in [2.75, 3.05) is 26.7 Å². The van der Waals surface area contributed by atoms with Crippen molar-refractivity contribution in [2.24, 2.45) is 5.92 Å². The Morgan fingerprint density at radius 3 is 2.60 bits per heavy atom. The van der Waals surface area contributed by atoms with Gasteiger partial charge in [-0.1, -0.05) is 13.8 Å². The maximum absolute atomic E-state index is 5.59. The van der Waals surface area contributed by atoms with E-state index in [-0.39, 0.29) is 0 Å². The van der Waals surface area contributed by atoms with Crippen LogP contribution in [0.25, 0.3) is 0 Å². The average Bonchev–Trinajstić information content (AvgIpc) is 1.88. The van der Waals surface area contributed by atoms with Crippen LogP contribution in [0.5, 0.6) is 0 Å². The number of hydrogen-bond donors (Lipinski definition) is 1. The summed E-state index contributed by atoms with van der Waals surface area (Å²) in [6, 6.07) is 0. The first kappa shape index (κ1) is 8.02. The van der Waals surface area contributed by atoms with E-state index in [2.05, 4.69) is 20.9 Å². The summed E-state index contributed by atoms with van der Waals surface area (Å²) in [5, 5.41) is 0. The van der Waals surface area contributed by atoms with Crippen molar-refractivity contribution >= 4 is 0 Å². The fourth-order valence-electron chi connectivity index (χ4n) is 1.32. The fraction of sp³-hybridized carbons (Fsp3) is 1.00. The van der Waals surface area contributed by atoms with Crippen molar-refractivity contribution in [2.45, 2.75) is 20.0 Å². The smallest absolute Gasteiger partial charge is 0.109 e. The van der Waals surface area contributed by atoms with Crippen LogP contribution in [-0.4, -0.2) is 32.8 Å². The van der Waals surface area contributed by atoms with Crippen LogP contribution in [0.1, 0.15) is 13.8 Å². The Bertz CT molecular complexity index is 103. The van der Waals surface area contributed by atoms with Crippen LogP contribution in [-0.2, 0) is 4.74 Å². The van der Waals surface area contributed by atoms with Crippen molar-refractivity contribution in [1.82, 2.24) is 0 Å². The summed E-state index contributed by atoms with van der Waals surface area (Å²) in [4.78, 5) is 1.60. The molecule has 2 heteroatoms. The second kappa shape index (κ2) is 3.35. The van der Waals surface area contributed by atoms with Gasteiger partial charge in [0.15, 0.2) is 0 Å². The molecule has 0 radical (unpaired) electrons. The van der Waals surface area contributed by atoms with Gasteiger partial charge in [0.05, 0.1) is 13.7 Å². The quantitative estimate of drug-likeness (QED) is 0.526. The molecule has 0 bridgehead atoms. The fourth-order valence-corrected chi connectivity index (χ4v) is 1.32. The number of likely N-dealkylation sites (N-methyl/N-ethyl adjacent to an activating group) is 1. The van der Waals surface area contributed by atoms with E-state index < -0.39 is 0 Å². The summed E-state index contributed by atoms with van der Waals surface area (Å²) in [6.45, 7) is 7.74. The van der Waals surface area contributed by atoms with E-state index in [1.54, 1.807) is 4.90 Å². The summed E-state index contributed by atoms with van der Waals surface area (Å²) in [7, 11) is 2.23. The van der Waals surface area contributed by atoms with Gasteiger partial charge in [-0.3, -0.25) is 0 Å². The summed E-state index contributed by atoms with van der Waals surface area (Å²) in [6.07, 6.45) is 0.494. The molecular formula is C8H18NO+. The predicted molar refractivity (Wildman–Crippen MR) is 41.2 cm³/mol. The third-order valence-corrected chi connectivity index (χ3v) is 2.15. The Labute approximate surface area is 63.2 Å². The third kappa shape index (κ3) is 1.96. The summed E-state index contributed by atoms with van der Waals surface area (Å²) >= 11 is 0. The number of rotatable bonds is 1. The maximum atomic E-state index is 5.59. The molecule has 0 spiro atoms. The minimum atomic E-state index is 0.494. The van der Waals surface area contributed by atoms with Gasteiger partial charge in [-0.25, -0.2) is 0 Å². The van der Waals surface area contributed by atoms with Crippen LogP contribution in [0.4, 0.5) is 0 Å². The second-order valence-corrected chi connectivity index (χ2v) is 3.56. The lowest BCUT2D eigenvalue weighted by molar-refractivity contribution is -0.892. The van der Waals surface area contributed by atoms with Gasteiger partial charge in [-0.15, -0.1) is 0 Å². The number of morpholine rings is 1. The molecule has 1 heterocycles. The minimum absolute atomic E-state index is 0.494. The average molecular weight is 144 g/mol. The van der Waals surface area contributed by atoms with Crippen molar-refractivity contribution in [1.29, 1.82) is 0 Å². The lowest BCUT2D eigenvalue weighted by atomic mass is 10.1. The Hall–Kier alpha value is -0.0800. The third-order valence-electron chi connectivity index (χ3n) is 2.15. The summed E-state index contributed by atoms with van der Waals surface area (Å²) < 4.78 is 5.59. The first-order valence-electron chi connectivity index (χ1n) is 4.13. The number of hydrogen-bond acceptors (Lipinski definition) is 1. The number of quaternary nitrogens is 1. The van der Waals surface area contributed by atoms with Crippen molar-refractivity contribution in [3.63, 3.8) is 0 Å². The van der Waals surface area contributed by atoms with E-state index in [1.807, 2.05) is 0 Å². The lowest BCUT2D eigenvalue weighted by Crippen LogP contribution is -3.12. The van der Waals surface area contributed by atoms with Crippen LogP contribution >= 0.6 is 0 Å². The van der Waals surface area contributed by atoms with Crippen LogP contribution in [0, 0.1) is 5.92 Å². The zero-order valence-electron chi connectivity index (χ0n) is 7.18. The molecule has 0 aromatic rings. The molecule has 2 atom stereocenters. The van der Waals surface area contributed by atoms with Gasteiger partial charge in [0.25, 0.3) is 0 Å². The molecule has 1 rings (SSSR count). The van der Waals surface area contributed by atoms with Gasteiger partial charge in [-0.2, -0.15) is 0 Å². The number of ether oxygens (including phenoxy) is 1. The summed E-state index contributed by atoms with van der Waals surface area (Å²) in [5.74, 6) is 0.676. The molecule has 0 aromatic carbocycles. The van der Waals surface area contributed by atoms with Crippen molar-refractivity contribution in [3.05, 3.63) is 0 Å². The Kier molecular flexibility index (Phi) is 2.69. The standard InChI is InChI=1S/C8H17NO/c1-7(2)8-6-9(3)4-5-10-8/h7-8H,4-6H2,1-3H3/p+1.